The maximum absolute atomic E-state index is 14.3. The summed E-state index contributed by atoms with van der Waals surface area (Å²) in [6, 6.07) is 4.97. The van der Waals surface area contributed by atoms with E-state index < -0.39 is 23.3 Å². The van der Waals surface area contributed by atoms with E-state index in [1.165, 1.54) is 10.7 Å². The molecule has 11 nitrogen and oxygen atoms in total. The van der Waals surface area contributed by atoms with Crippen molar-refractivity contribution in [2.45, 2.75) is 77.2 Å². The predicted molar refractivity (Wildman–Crippen MR) is 170 cm³/mol. The van der Waals surface area contributed by atoms with Crippen LogP contribution in [0.3, 0.4) is 0 Å². The van der Waals surface area contributed by atoms with E-state index in [4.69, 9.17) is 9.72 Å². The van der Waals surface area contributed by atoms with E-state index in [-0.39, 0.29) is 42.1 Å². The van der Waals surface area contributed by atoms with Gasteiger partial charge in [-0.1, -0.05) is 18.2 Å². The Hall–Kier alpha value is -5.03. The van der Waals surface area contributed by atoms with Gasteiger partial charge in [0, 0.05) is 34.8 Å². The highest BCUT2D eigenvalue weighted by Gasteiger charge is 2.67. The van der Waals surface area contributed by atoms with Gasteiger partial charge in [-0.2, -0.15) is 23.5 Å². The Morgan fingerprint density at radius 3 is 2.69 bits per heavy atom. The van der Waals surface area contributed by atoms with Crippen molar-refractivity contribution in [3.8, 4) is 17.3 Å². The van der Waals surface area contributed by atoms with Crippen molar-refractivity contribution in [3.63, 3.8) is 0 Å². The highest BCUT2D eigenvalue weighted by atomic mass is 19.4. The Kier molecular flexibility index (Phi) is 8.26. The topological polar surface area (TPSA) is 140 Å². The summed E-state index contributed by atoms with van der Waals surface area (Å²) < 4.78 is 47.9. The summed E-state index contributed by atoms with van der Waals surface area (Å²) >= 11 is 0. The minimum atomic E-state index is -4.66. The number of hydrogen-bond donors (Lipinski definition) is 0. The molecule has 1 amide bonds. The maximum Gasteiger partial charge on any atom is 0.433 e. The second kappa shape index (κ2) is 12.5. The van der Waals surface area contributed by atoms with E-state index in [1.807, 2.05) is 12.2 Å². The normalized spacial score (nSPS) is 22.6. The third-order valence-electron chi connectivity index (χ3n) is 9.73. The number of rotatable bonds is 4. The minimum absolute atomic E-state index is 0.0313. The number of aromatic nitrogens is 6. The minimum Gasteiger partial charge on any atom is -0.377 e. The SMILES string of the molecule is Cc1ncc(-c2cc3c(C#N)nn4c3c(n2)CCCC=CCOC[C@@]23C[C@@H](C(=O)Cc5nc(C(F)(F)F)ccc5C)N(C(=O)C4)[C@@H]2C3)cn1. The molecule has 1 saturated carbocycles. The van der Waals surface area contributed by atoms with Crippen molar-refractivity contribution < 1.29 is 27.5 Å². The number of piperidine rings is 1. The van der Waals surface area contributed by atoms with Gasteiger partial charge in [0.05, 0.1) is 48.3 Å². The molecular weight excluding hydrogens is 637 g/mol. The molecule has 7 rings (SSSR count). The first-order valence-corrected chi connectivity index (χ1v) is 16.2. The van der Waals surface area contributed by atoms with Gasteiger partial charge < -0.3 is 9.64 Å². The summed E-state index contributed by atoms with van der Waals surface area (Å²) in [5, 5.41) is 15.2. The number of hydrogen-bond acceptors (Lipinski definition) is 9. The largest absolute Gasteiger partial charge is 0.433 e. The molecule has 2 aliphatic heterocycles. The smallest absolute Gasteiger partial charge is 0.377 e. The van der Waals surface area contributed by atoms with Gasteiger partial charge in [-0.15, -0.1) is 0 Å². The number of alkyl halides is 3. The number of carbonyl (C=O) groups excluding carboxylic acids is 2. The lowest BCUT2D eigenvalue weighted by atomic mass is 9.95. The van der Waals surface area contributed by atoms with Crippen LogP contribution in [0.25, 0.3) is 22.2 Å². The number of ether oxygens (including phenoxy) is 1. The van der Waals surface area contributed by atoms with Crippen LogP contribution in [0.5, 0.6) is 0 Å². The molecule has 0 spiro atoms. The fourth-order valence-corrected chi connectivity index (χ4v) is 7.10. The lowest BCUT2D eigenvalue weighted by molar-refractivity contribution is -0.141. The van der Waals surface area contributed by atoms with Crippen LogP contribution in [0.2, 0.25) is 0 Å². The van der Waals surface area contributed by atoms with Gasteiger partial charge in [0.1, 0.15) is 24.1 Å². The first-order chi connectivity index (χ1) is 23.5. The molecule has 252 valence electrons. The summed E-state index contributed by atoms with van der Waals surface area (Å²) in [6.07, 6.45) is 5.34. The van der Waals surface area contributed by atoms with Crippen LogP contribution in [0, 0.1) is 30.6 Å². The molecule has 49 heavy (non-hydrogen) atoms. The van der Waals surface area contributed by atoms with E-state index in [9.17, 15) is 28.0 Å². The molecule has 3 aliphatic rings. The molecular formula is C35H33F3N8O3. The van der Waals surface area contributed by atoms with Crippen molar-refractivity contribution in [2.75, 3.05) is 13.2 Å². The molecule has 0 radical (unpaired) electrons. The fourth-order valence-electron chi connectivity index (χ4n) is 7.10. The van der Waals surface area contributed by atoms with Gasteiger partial charge in [0.2, 0.25) is 5.91 Å². The molecule has 0 unspecified atom stereocenters. The molecule has 2 bridgehead atoms. The van der Waals surface area contributed by atoms with E-state index >= 15 is 0 Å². The number of allylic oxidation sites excluding steroid dienone is 1. The lowest BCUT2D eigenvalue weighted by Crippen LogP contribution is -2.45. The quantitative estimate of drug-likeness (QED) is 0.278. The fraction of sp³-hybridized carbons (Fsp3) is 0.429. The molecule has 14 heteroatoms. The number of pyridine rings is 2. The number of ketones is 1. The summed E-state index contributed by atoms with van der Waals surface area (Å²) in [4.78, 5) is 47.0. The Bertz CT molecular complexity index is 2030. The van der Waals surface area contributed by atoms with Crippen LogP contribution in [0.15, 0.2) is 42.7 Å². The summed E-state index contributed by atoms with van der Waals surface area (Å²) in [5.74, 6) is -0.153. The Balaban J connectivity index is 1.26. The molecule has 2 fully saturated rings. The van der Waals surface area contributed by atoms with Crippen LogP contribution in [0.1, 0.15) is 59.8 Å². The monoisotopic (exact) mass is 670 g/mol. The zero-order valence-electron chi connectivity index (χ0n) is 27.0. The summed E-state index contributed by atoms with van der Waals surface area (Å²) in [7, 11) is 0. The van der Waals surface area contributed by atoms with Crippen LogP contribution in [-0.4, -0.2) is 71.6 Å². The molecule has 4 aromatic heterocycles. The molecule has 3 atom stereocenters. The number of halogens is 3. The van der Waals surface area contributed by atoms with Gasteiger partial charge in [0.15, 0.2) is 11.5 Å². The second-order valence-electron chi connectivity index (χ2n) is 13.1. The van der Waals surface area contributed by atoms with E-state index in [2.05, 4.69) is 26.1 Å². The van der Waals surface area contributed by atoms with Crippen LogP contribution >= 0.6 is 0 Å². The number of aryl methyl sites for hydroxylation is 3. The average Bonchev–Trinajstić information content (AvgIpc) is 3.48. The van der Waals surface area contributed by atoms with Crippen LogP contribution < -0.4 is 0 Å². The zero-order chi connectivity index (χ0) is 34.5. The third kappa shape index (κ3) is 6.19. The molecule has 1 aliphatic carbocycles. The first-order valence-electron chi connectivity index (χ1n) is 16.2. The van der Waals surface area contributed by atoms with Gasteiger partial charge in [-0.05, 0) is 63.6 Å². The standard InChI is InChI=1S/C35H33F3N8O3/c1-20-8-9-30(35(36,37)38)43-25(20)12-29(47)28-13-34-14-31(34)46(28)32(48)18-45-33-23(27(15-39)44-45)11-26(22-16-40-21(2)41-17-22)42-24(33)7-5-3-4-6-10-49-19-34/h4,6,8-9,11,16-17,28,31H,3,5,7,10,12-14,18-19H2,1-2H3/t28-,31+,34-/m0/s1. The maximum atomic E-state index is 14.3. The van der Waals surface area contributed by atoms with E-state index in [1.54, 1.807) is 37.2 Å². The zero-order valence-corrected chi connectivity index (χ0v) is 27.0. The lowest BCUT2D eigenvalue weighted by Gasteiger charge is -2.27. The van der Waals surface area contributed by atoms with Crippen LogP contribution in [0.4, 0.5) is 13.2 Å². The Labute approximate surface area is 279 Å². The average molecular weight is 671 g/mol. The van der Waals surface area contributed by atoms with E-state index in [0.29, 0.717) is 71.7 Å². The van der Waals surface area contributed by atoms with E-state index in [0.717, 1.165) is 18.9 Å². The van der Waals surface area contributed by atoms with Gasteiger partial charge in [-0.3, -0.25) is 19.3 Å². The predicted octanol–water partition coefficient (Wildman–Crippen LogP) is 4.87. The summed E-state index contributed by atoms with van der Waals surface area (Å²) in [6.45, 7) is 3.86. The number of carbonyl (C=O) groups is 2. The highest BCUT2D eigenvalue weighted by molar-refractivity contribution is 5.93. The Morgan fingerprint density at radius 1 is 1.14 bits per heavy atom. The molecule has 1 saturated heterocycles. The molecule has 0 aromatic carbocycles. The number of Topliss-reactive ketones (excluding diaryl/α,β-unsaturated/α-hetero) is 1. The molecule has 6 heterocycles. The summed E-state index contributed by atoms with van der Waals surface area (Å²) in [5.41, 5.74) is 1.60. The molecule has 4 aromatic rings. The third-order valence-corrected chi connectivity index (χ3v) is 9.73. The van der Waals surface area contributed by atoms with Crippen molar-refractivity contribution >= 4 is 22.6 Å². The first kappa shape index (κ1) is 32.5. The van der Waals surface area contributed by atoms with Gasteiger partial charge in [-0.25, -0.2) is 15.0 Å². The number of nitrogens with zero attached hydrogens (tertiary/aromatic N) is 8. The second-order valence-corrected chi connectivity index (χ2v) is 13.1. The van der Waals surface area contributed by atoms with Crippen molar-refractivity contribution in [3.05, 3.63) is 76.9 Å². The Morgan fingerprint density at radius 2 is 1.94 bits per heavy atom. The molecule has 0 N–H and O–H groups in total. The van der Waals surface area contributed by atoms with Gasteiger partial charge >= 0.3 is 6.18 Å². The number of nitriles is 1. The van der Waals surface area contributed by atoms with Gasteiger partial charge in [0.25, 0.3) is 0 Å². The van der Waals surface area contributed by atoms with Crippen molar-refractivity contribution in [2.24, 2.45) is 5.41 Å². The number of amides is 1. The highest BCUT2D eigenvalue weighted by Crippen LogP contribution is 2.60. The van der Waals surface area contributed by atoms with Crippen molar-refractivity contribution in [1.29, 1.82) is 5.26 Å². The van der Waals surface area contributed by atoms with Crippen LogP contribution in [-0.2, 0) is 39.9 Å². The van der Waals surface area contributed by atoms with Crippen molar-refractivity contribution in [1.82, 2.24) is 34.6 Å².